The maximum Gasteiger partial charge on any atom is 0.123 e. The largest absolute Gasteiger partial charge is 0.493 e. The SMILES string of the molecule is Cc1ccc(OCCCF)c(CCl)c1. The van der Waals surface area contributed by atoms with E-state index in [-0.39, 0.29) is 6.67 Å². The van der Waals surface area contributed by atoms with Gasteiger partial charge in [0.15, 0.2) is 0 Å². The number of hydrogen-bond acceptors (Lipinski definition) is 1. The molecule has 0 bridgehead atoms. The fourth-order valence-corrected chi connectivity index (χ4v) is 1.40. The lowest BCUT2D eigenvalue weighted by molar-refractivity contribution is 0.288. The van der Waals surface area contributed by atoms with Gasteiger partial charge in [-0.2, -0.15) is 0 Å². The minimum absolute atomic E-state index is 0.345. The van der Waals surface area contributed by atoms with Crippen LogP contribution in [0.1, 0.15) is 17.5 Å². The molecule has 3 heteroatoms. The average molecular weight is 217 g/mol. The van der Waals surface area contributed by atoms with Crippen LogP contribution in [0, 0.1) is 6.92 Å². The van der Waals surface area contributed by atoms with E-state index in [9.17, 15) is 4.39 Å². The Bertz CT molecular complexity index is 289. The third kappa shape index (κ3) is 3.18. The molecule has 0 saturated heterocycles. The fourth-order valence-electron chi connectivity index (χ4n) is 1.19. The summed E-state index contributed by atoms with van der Waals surface area (Å²) in [4.78, 5) is 0. The lowest BCUT2D eigenvalue weighted by Gasteiger charge is -2.09. The van der Waals surface area contributed by atoms with Gasteiger partial charge in [-0.25, -0.2) is 0 Å². The van der Waals surface area contributed by atoms with Crippen LogP contribution in [0.2, 0.25) is 0 Å². The number of aryl methyl sites for hydroxylation is 1. The van der Waals surface area contributed by atoms with Crippen LogP contribution in [-0.4, -0.2) is 13.3 Å². The third-order valence-electron chi connectivity index (χ3n) is 1.90. The predicted octanol–water partition coefficient (Wildman–Crippen LogP) is 3.47. The van der Waals surface area contributed by atoms with E-state index in [1.807, 2.05) is 25.1 Å². The van der Waals surface area contributed by atoms with Crippen LogP contribution in [0.5, 0.6) is 5.75 Å². The smallest absolute Gasteiger partial charge is 0.123 e. The van der Waals surface area contributed by atoms with Crippen LogP contribution in [0.4, 0.5) is 4.39 Å². The Hall–Kier alpha value is -0.760. The number of ether oxygens (including phenoxy) is 1. The van der Waals surface area contributed by atoms with Gasteiger partial charge in [0.2, 0.25) is 0 Å². The van der Waals surface area contributed by atoms with Gasteiger partial charge in [0.25, 0.3) is 0 Å². The summed E-state index contributed by atoms with van der Waals surface area (Å²) in [6.45, 7) is 2.06. The molecule has 0 atom stereocenters. The molecule has 0 spiro atoms. The molecule has 0 saturated carbocycles. The average Bonchev–Trinajstić information content (AvgIpc) is 2.20. The number of hydrogen-bond donors (Lipinski definition) is 0. The summed E-state index contributed by atoms with van der Waals surface area (Å²) >= 11 is 5.76. The Morgan fingerprint density at radius 2 is 2.21 bits per heavy atom. The predicted molar refractivity (Wildman–Crippen MR) is 56.8 cm³/mol. The molecule has 0 aliphatic carbocycles. The molecule has 1 aromatic carbocycles. The molecule has 78 valence electrons. The van der Waals surface area contributed by atoms with Crippen molar-refractivity contribution in [3.05, 3.63) is 29.3 Å². The Balaban J connectivity index is 2.65. The second kappa shape index (κ2) is 5.86. The maximum absolute atomic E-state index is 11.8. The number of halogens is 2. The first-order valence-electron chi connectivity index (χ1n) is 4.62. The fraction of sp³-hybridized carbons (Fsp3) is 0.455. The zero-order chi connectivity index (χ0) is 10.4. The molecule has 0 heterocycles. The lowest BCUT2D eigenvalue weighted by atomic mass is 10.1. The molecule has 0 aliphatic heterocycles. The van der Waals surface area contributed by atoms with Crippen LogP contribution in [-0.2, 0) is 5.88 Å². The molecule has 0 aromatic heterocycles. The molecule has 1 rings (SSSR count). The second-order valence-corrected chi connectivity index (χ2v) is 3.40. The summed E-state index contributed by atoms with van der Waals surface area (Å²) < 4.78 is 17.2. The molecular weight excluding hydrogens is 203 g/mol. The summed E-state index contributed by atoms with van der Waals surface area (Å²) in [5.74, 6) is 1.19. The van der Waals surface area contributed by atoms with E-state index < -0.39 is 0 Å². The summed E-state index contributed by atoms with van der Waals surface area (Å²) in [6, 6.07) is 5.82. The topological polar surface area (TPSA) is 9.23 Å². The normalized spacial score (nSPS) is 10.2. The van der Waals surface area contributed by atoms with Crippen molar-refractivity contribution in [2.75, 3.05) is 13.3 Å². The van der Waals surface area contributed by atoms with E-state index in [1.165, 1.54) is 0 Å². The van der Waals surface area contributed by atoms with Crippen LogP contribution in [0.3, 0.4) is 0 Å². The van der Waals surface area contributed by atoms with Crippen molar-refractivity contribution < 1.29 is 9.13 Å². The van der Waals surface area contributed by atoms with Crippen molar-refractivity contribution in [1.82, 2.24) is 0 Å². The Labute approximate surface area is 88.8 Å². The van der Waals surface area contributed by atoms with Gasteiger partial charge < -0.3 is 4.74 Å². The van der Waals surface area contributed by atoms with Gasteiger partial charge in [0.05, 0.1) is 19.2 Å². The summed E-state index contributed by atoms with van der Waals surface area (Å²) in [5.41, 5.74) is 2.11. The highest BCUT2D eigenvalue weighted by atomic mass is 35.5. The van der Waals surface area contributed by atoms with Crippen LogP contribution >= 0.6 is 11.6 Å². The minimum atomic E-state index is -0.345. The first-order valence-corrected chi connectivity index (χ1v) is 5.15. The van der Waals surface area contributed by atoms with Gasteiger partial charge in [-0.15, -0.1) is 11.6 Å². The highest BCUT2D eigenvalue weighted by Gasteiger charge is 2.02. The lowest BCUT2D eigenvalue weighted by Crippen LogP contribution is -2.00. The zero-order valence-electron chi connectivity index (χ0n) is 8.22. The van der Waals surface area contributed by atoms with E-state index in [1.54, 1.807) is 0 Å². The number of rotatable bonds is 5. The van der Waals surface area contributed by atoms with Gasteiger partial charge in [0.1, 0.15) is 5.75 Å². The Morgan fingerprint density at radius 3 is 2.86 bits per heavy atom. The molecule has 0 amide bonds. The molecule has 0 unspecified atom stereocenters. The van der Waals surface area contributed by atoms with E-state index in [0.717, 1.165) is 16.9 Å². The van der Waals surface area contributed by atoms with E-state index >= 15 is 0 Å². The number of benzene rings is 1. The summed E-state index contributed by atoms with van der Waals surface area (Å²) in [7, 11) is 0. The Morgan fingerprint density at radius 1 is 1.43 bits per heavy atom. The van der Waals surface area contributed by atoms with Crippen LogP contribution < -0.4 is 4.74 Å². The van der Waals surface area contributed by atoms with Crippen molar-refractivity contribution in [2.45, 2.75) is 19.2 Å². The highest BCUT2D eigenvalue weighted by molar-refractivity contribution is 6.17. The number of alkyl halides is 2. The zero-order valence-corrected chi connectivity index (χ0v) is 8.98. The molecule has 0 N–H and O–H groups in total. The molecule has 0 fully saturated rings. The molecule has 1 nitrogen and oxygen atoms in total. The molecule has 0 radical (unpaired) electrons. The highest BCUT2D eigenvalue weighted by Crippen LogP contribution is 2.21. The van der Waals surface area contributed by atoms with Crippen molar-refractivity contribution in [3.63, 3.8) is 0 Å². The Kier molecular flexibility index (Phi) is 4.74. The van der Waals surface area contributed by atoms with Gasteiger partial charge in [0, 0.05) is 12.0 Å². The van der Waals surface area contributed by atoms with Crippen molar-refractivity contribution in [2.24, 2.45) is 0 Å². The monoisotopic (exact) mass is 216 g/mol. The molecule has 1 aromatic rings. The minimum Gasteiger partial charge on any atom is -0.493 e. The first kappa shape index (κ1) is 11.3. The van der Waals surface area contributed by atoms with Crippen molar-refractivity contribution in [1.29, 1.82) is 0 Å². The van der Waals surface area contributed by atoms with E-state index in [2.05, 4.69) is 0 Å². The van der Waals surface area contributed by atoms with Crippen LogP contribution in [0.15, 0.2) is 18.2 Å². The van der Waals surface area contributed by atoms with E-state index in [4.69, 9.17) is 16.3 Å². The molecule has 0 aliphatic rings. The van der Waals surface area contributed by atoms with Gasteiger partial charge >= 0.3 is 0 Å². The summed E-state index contributed by atoms with van der Waals surface area (Å²) in [6.07, 6.45) is 0.426. The van der Waals surface area contributed by atoms with Gasteiger partial charge in [-0.3, -0.25) is 4.39 Å². The molecular formula is C11H14ClFO. The van der Waals surface area contributed by atoms with Crippen molar-refractivity contribution >= 4 is 11.6 Å². The second-order valence-electron chi connectivity index (χ2n) is 3.14. The van der Waals surface area contributed by atoms with Crippen LogP contribution in [0.25, 0.3) is 0 Å². The standard InChI is InChI=1S/C11H14ClFO/c1-9-3-4-11(10(7-9)8-12)14-6-2-5-13/h3-4,7H,2,5-6,8H2,1H3. The van der Waals surface area contributed by atoms with Crippen molar-refractivity contribution in [3.8, 4) is 5.75 Å². The quantitative estimate of drug-likeness (QED) is 0.541. The van der Waals surface area contributed by atoms with Gasteiger partial charge in [-0.1, -0.05) is 17.7 Å². The maximum atomic E-state index is 11.8. The molecule has 14 heavy (non-hydrogen) atoms. The van der Waals surface area contributed by atoms with Gasteiger partial charge in [-0.05, 0) is 13.0 Å². The third-order valence-corrected chi connectivity index (χ3v) is 2.18. The summed E-state index contributed by atoms with van der Waals surface area (Å²) in [5, 5.41) is 0. The first-order chi connectivity index (χ1) is 6.77. The van der Waals surface area contributed by atoms with E-state index in [0.29, 0.717) is 18.9 Å².